The molecule has 0 saturated carbocycles. The minimum atomic E-state index is -0.0958. The highest BCUT2D eigenvalue weighted by molar-refractivity contribution is 5.76. The van der Waals surface area contributed by atoms with Crippen molar-refractivity contribution in [1.82, 2.24) is 5.32 Å². The van der Waals surface area contributed by atoms with E-state index in [1.165, 1.54) is 0 Å². The molecule has 76 valence electrons. The second-order valence-corrected chi connectivity index (χ2v) is 4.12. The predicted octanol–water partition coefficient (Wildman–Crippen LogP) is 1.33. The fourth-order valence-electron chi connectivity index (χ4n) is 1.60. The monoisotopic (exact) mass is 185 g/mol. The van der Waals surface area contributed by atoms with Crippen molar-refractivity contribution in [3.63, 3.8) is 0 Å². The molecule has 0 aromatic rings. The van der Waals surface area contributed by atoms with Crippen molar-refractivity contribution in [2.24, 2.45) is 5.92 Å². The van der Waals surface area contributed by atoms with E-state index in [0.717, 1.165) is 19.4 Å². The number of hydrogen-bond acceptors (Lipinski definition) is 3. The van der Waals surface area contributed by atoms with Crippen LogP contribution in [0.1, 0.15) is 33.6 Å². The molecule has 3 nitrogen and oxygen atoms in total. The lowest BCUT2D eigenvalue weighted by atomic mass is 9.94. The largest absolute Gasteiger partial charge is 0.462 e. The van der Waals surface area contributed by atoms with E-state index in [-0.39, 0.29) is 18.1 Å². The molecule has 2 unspecified atom stereocenters. The molecule has 13 heavy (non-hydrogen) atoms. The van der Waals surface area contributed by atoms with Crippen LogP contribution in [-0.4, -0.2) is 24.7 Å². The molecule has 0 aromatic carbocycles. The molecule has 1 rings (SSSR count). The van der Waals surface area contributed by atoms with Gasteiger partial charge in [-0.1, -0.05) is 6.92 Å². The lowest BCUT2D eigenvalue weighted by Crippen LogP contribution is -2.44. The van der Waals surface area contributed by atoms with Crippen molar-refractivity contribution in [2.75, 3.05) is 6.54 Å². The summed E-state index contributed by atoms with van der Waals surface area (Å²) in [5, 5.41) is 3.18. The first-order valence-electron chi connectivity index (χ1n) is 5.03. The van der Waals surface area contributed by atoms with E-state index in [9.17, 15) is 4.79 Å². The molecule has 0 aliphatic carbocycles. The van der Waals surface area contributed by atoms with E-state index >= 15 is 0 Å². The average molecular weight is 185 g/mol. The third-order valence-corrected chi connectivity index (χ3v) is 2.30. The standard InChI is InChI=1S/C10H19NO2/c1-7(2)13-10(12)9-6-8(3)4-5-11-9/h7-9,11H,4-6H2,1-3H3. The number of esters is 1. The molecule has 1 N–H and O–H groups in total. The van der Waals surface area contributed by atoms with Gasteiger partial charge in [0.2, 0.25) is 0 Å². The maximum Gasteiger partial charge on any atom is 0.323 e. The van der Waals surface area contributed by atoms with Crippen LogP contribution in [-0.2, 0) is 9.53 Å². The Bertz CT molecular complexity index is 180. The number of hydrogen-bond donors (Lipinski definition) is 1. The lowest BCUT2D eigenvalue weighted by molar-refractivity contribution is -0.151. The number of carbonyl (C=O) groups is 1. The second kappa shape index (κ2) is 4.61. The van der Waals surface area contributed by atoms with Gasteiger partial charge in [0.05, 0.1) is 6.10 Å². The number of carbonyl (C=O) groups excluding carboxylic acids is 1. The summed E-state index contributed by atoms with van der Waals surface area (Å²) in [6.07, 6.45) is 2.06. The normalized spacial score (nSPS) is 28.9. The first kappa shape index (κ1) is 10.5. The van der Waals surface area contributed by atoms with Crippen LogP contribution in [0, 0.1) is 5.92 Å². The molecule has 2 atom stereocenters. The Balaban J connectivity index is 2.37. The zero-order chi connectivity index (χ0) is 9.84. The highest BCUT2D eigenvalue weighted by Gasteiger charge is 2.25. The summed E-state index contributed by atoms with van der Waals surface area (Å²) in [6, 6.07) is -0.0776. The van der Waals surface area contributed by atoms with Crippen molar-refractivity contribution < 1.29 is 9.53 Å². The molecular weight excluding hydrogens is 166 g/mol. The number of piperidine rings is 1. The topological polar surface area (TPSA) is 38.3 Å². The van der Waals surface area contributed by atoms with Gasteiger partial charge in [-0.05, 0) is 39.2 Å². The van der Waals surface area contributed by atoms with Gasteiger partial charge < -0.3 is 10.1 Å². The van der Waals surface area contributed by atoms with Gasteiger partial charge in [0.15, 0.2) is 0 Å². The summed E-state index contributed by atoms with van der Waals surface area (Å²) >= 11 is 0. The van der Waals surface area contributed by atoms with Gasteiger partial charge in [-0.2, -0.15) is 0 Å². The van der Waals surface area contributed by atoms with Gasteiger partial charge >= 0.3 is 5.97 Å². The Labute approximate surface area is 79.8 Å². The predicted molar refractivity (Wildman–Crippen MR) is 51.4 cm³/mol. The Hall–Kier alpha value is -0.570. The van der Waals surface area contributed by atoms with Crippen LogP contribution in [0.15, 0.2) is 0 Å². The second-order valence-electron chi connectivity index (χ2n) is 4.12. The maximum absolute atomic E-state index is 11.5. The van der Waals surface area contributed by atoms with Gasteiger partial charge in [-0.25, -0.2) is 0 Å². The summed E-state index contributed by atoms with van der Waals surface area (Å²) in [5.74, 6) is 0.535. The van der Waals surface area contributed by atoms with Gasteiger partial charge in [-0.3, -0.25) is 4.79 Å². The van der Waals surface area contributed by atoms with Crippen LogP contribution in [0.5, 0.6) is 0 Å². The van der Waals surface area contributed by atoms with E-state index in [1.807, 2.05) is 13.8 Å². The van der Waals surface area contributed by atoms with Crippen molar-refractivity contribution in [3.05, 3.63) is 0 Å². The highest BCUT2D eigenvalue weighted by Crippen LogP contribution is 2.16. The molecule has 1 aliphatic heterocycles. The fraction of sp³-hybridized carbons (Fsp3) is 0.900. The van der Waals surface area contributed by atoms with Crippen molar-refractivity contribution in [3.8, 4) is 0 Å². The van der Waals surface area contributed by atoms with E-state index in [0.29, 0.717) is 5.92 Å². The summed E-state index contributed by atoms with van der Waals surface area (Å²) in [7, 11) is 0. The van der Waals surface area contributed by atoms with Gasteiger partial charge in [-0.15, -0.1) is 0 Å². The van der Waals surface area contributed by atoms with E-state index in [2.05, 4.69) is 12.2 Å². The zero-order valence-electron chi connectivity index (χ0n) is 8.67. The zero-order valence-corrected chi connectivity index (χ0v) is 8.67. The molecule has 0 amide bonds. The van der Waals surface area contributed by atoms with Crippen LogP contribution in [0.25, 0.3) is 0 Å². The van der Waals surface area contributed by atoms with Crippen LogP contribution < -0.4 is 5.32 Å². The molecule has 1 fully saturated rings. The molecule has 1 heterocycles. The van der Waals surface area contributed by atoms with E-state index < -0.39 is 0 Å². The first-order chi connectivity index (χ1) is 6.09. The molecule has 0 spiro atoms. The Kier molecular flexibility index (Phi) is 3.72. The quantitative estimate of drug-likeness (QED) is 0.659. The maximum atomic E-state index is 11.5. The minimum Gasteiger partial charge on any atom is -0.462 e. The number of rotatable bonds is 2. The van der Waals surface area contributed by atoms with Crippen molar-refractivity contribution in [1.29, 1.82) is 0 Å². The summed E-state index contributed by atoms with van der Waals surface area (Å²) in [4.78, 5) is 11.5. The SMILES string of the molecule is CC1CCNC(C(=O)OC(C)C)C1. The van der Waals surface area contributed by atoms with E-state index in [1.54, 1.807) is 0 Å². The van der Waals surface area contributed by atoms with E-state index in [4.69, 9.17) is 4.74 Å². The molecule has 3 heteroatoms. The van der Waals surface area contributed by atoms with Crippen molar-refractivity contribution >= 4 is 5.97 Å². The fourth-order valence-corrected chi connectivity index (χ4v) is 1.60. The smallest absolute Gasteiger partial charge is 0.323 e. The van der Waals surface area contributed by atoms with Crippen molar-refractivity contribution in [2.45, 2.75) is 45.8 Å². The molecular formula is C10H19NO2. The number of ether oxygens (including phenoxy) is 1. The summed E-state index contributed by atoms with van der Waals surface area (Å²) < 4.78 is 5.14. The Morgan fingerprint density at radius 3 is 2.77 bits per heavy atom. The van der Waals surface area contributed by atoms with Crippen LogP contribution in [0.2, 0.25) is 0 Å². The van der Waals surface area contributed by atoms with Gasteiger partial charge in [0.25, 0.3) is 0 Å². The third-order valence-electron chi connectivity index (χ3n) is 2.30. The van der Waals surface area contributed by atoms with Gasteiger partial charge in [0.1, 0.15) is 6.04 Å². The van der Waals surface area contributed by atoms with Crippen LogP contribution >= 0.6 is 0 Å². The summed E-state index contributed by atoms with van der Waals surface area (Å²) in [6.45, 7) is 6.86. The summed E-state index contributed by atoms with van der Waals surface area (Å²) in [5.41, 5.74) is 0. The van der Waals surface area contributed by atoms with Gasteiger partial charge in [0, 0.05) is 0 Å². The number of nitrogens with one attached hydrogen (secondary N) is 1. The molecule has 1 aliphatic rings. The van der Waals surface area contributed by atoms with Crippen LogP contribution in [0.4, 0.5) is 0 Å². The molecule has 0 bridgehead atoms. The molecule has 0 aromatic heterocycles. The minimum absolute atomic E-state index is 0.00784. The average Bonchev–Trinajstić information content (AvgIpc) is 2.03. The molecule has 0 radical (unpaired) electrons. The first-order valence-corrected chi connectivity index (χ1v) is 5.03. The highest BCUT2D eigenvalue weighted by atomic mass is 16.5. The third kappa shape index (κ3) is 3.35. The Morgan fingerprint density at radius 1 is 1.54 bits per heavy atom. The van der Waals surface area contributed by atoms with Crippen LogP contribution in [0.3, 0.4) is 0 Å². The Morgan fingerprint density at radius 2 is 2.23 bits per heavy atom. The lowest BCUT2D eigenvalue weighted by Gasteiger charge is -2.27. The molecule has 1 saturated heterocycles.